The van der Waals surface area contributed by atoms with Gasteiger partial charge in [0.15, 0.2) is 0 Å². The van der Waals surface area contributed by atoms with Crippen LogP contribution in [-0.2, 0) is 0 Å². The van der Waals surface area contributed by atoms with Crippen LogP contribution < -0.4 is 10.1 Å². The molecule has 0 amide bonds. The molecule has 2 atom stereocenters. The average Bonchev–Trinajstić information content (AvgIpc) is 2.39. The lowest BCUT2D eigenvalue weighted by Crippen LogP contribution is -2.19. The number of rotatable bonds is 8. The largest absolute Gasteiger partial charge is 0.491 e. The maximum atomic E-state index is 5.85. The zero-order valence-corrected chi connectivity index (χ0v) is 12.2. The van der Waals surface area contributed by atoms with E-state index in [2.05, 4.69) is 51.2 Å². The molecule has 0 heterocycles. The Kier molecular flexibility index (Phi) is 6.81. The van der Waals surface area contributed by atoms with Crippen LogP contribution in [0.25, 0.3) is 0 Å². The van der Waals surface area contributed by atoms with Gasteiger partial charge in [0, 0.05) is 6.04 Å². The second-order valence-electron chi connectivity index (χ2n) is 4.94. The number of unbranched alkanes of at least 4 members (excludes halogenated alkanes) is 1. The Morgan fingerprint density at radius 1 is 1.22 bits per heavy atom. The fourth-order valence-electron chi connectivity index (χ4n) is 1.79. The first kappa shape index (κ1) is 15.0. The van der Waals surface area contributed by atoms with Gasteiger partial charge in [-0.05, 0) is 50.9 Å². The SMILES string of the molecule is CCCCN[C@H](C)c1cccc(O[C@H](C)CC)c1. The van der Waals surface area contributed by atoms with E-state index in [0.717, 1.165) is 18.7 Å². The maximum Gasteiger partial charge on any atom is 0.120 e. The van der Waals surface area contributed by atoms with Gasteiger partial charge in [-0.3, -0.25) is 0 Å². The number of hydrogen-bond acceptors (Lipinski definition) is 2. The molecule has 1 N–H and O–H groups in total. The first-order valence-corrected chi connectivity index (χ1v) is 7.17. The van der Waals surface area contributed by atoms with Crippen LogP contribution in [0.3, 0.4) is 0 Å². The van der Waals surface area contributed by atoms with Gasteiger partial charge >= 0.3 is 0 Å². The summed E-state index contributed by atoms with van der Waals surface area (Å²) in [6, 6.07) is 8.81. The van der Waals surface area contributed by atoms with E-state index in [0.29, 0.717) is 6.04 Å². The standard InChI is InChI=1S/C16H27NO/c1-5-7-11-17-14(4)15-9-8-10-16(12-15)18-13(3)6-2/h8-10,12-14,17H,5-7,11H2,1-4H3/t13-,14-/m1/s1. The molecule has 0 aliphatic heterocycles. The van der Waals surface area contributed by atoms with E-state index in [1.165, 1.54) is 18.4 Å². The molecular formula is C16H27NO. The molecule has 0 bridgehead atoms. The zero-order valence-electron chi connectivity index (χ0n) is 12.2. The highest BCUT2D eigenvalue weighted by atomic mass is 16.5. The van der Waals surface area contributed by atoms with Crippen LogP contribution >= 0.6 is 0 Å². The van der Waals surface area contributed by atoms with E-state index in [4.69, 9.17) is 4.74 Å². The second-order valence-corrected chi connectivity index (χ2v) is 4.94. The molecule has 0 unspecified atom stereocenters. The molecule has 0 saturated heterocycles. The fourth-order valence-corrected chi connectivity index (χ4v) is 1.79. The summed E-state index contributed by atoms with van der Waals surface area (Å²) in [7, 11) is 0. The van der Waals surface area contributed by atoms with Gasteiger partial charge in [0.25, 0.3) is 0 Å². The fraction of sp³-hybridized carbons (Fsp3) is 0.625. The first-order valence-electron chi connectivity index (χ1n) is 7.17. The minimum atomic E-state index is 0.281. The van der Waals surface area contributed by atoms with Crippen molar-refractivity contribution in [1.82, 2.24) is 5.32 Å². The molecule has 2 nitrogen and oxygen atoms in total. The van der Waals surface area contributed by atoms with Gasteiger partial charge in [0.2, 0.25) is 0 Å². The van der Waals surface area contributed by atoms with Crippen molar-refractivity contribution >= 4 is 0 Å². The summed E-state index contributed by atoms with van der Waals surface area (Å²) < 4.78 is 5.85. The van der Waals surface area contributed by atoms with Gasteiger partial charge in [-0.25, -0.2) is 0 Å². The number of nitrogens with one attached hydrogen (secondary N) is 1. The lowest BCUT2D eigenvalue weighted by atomic mass is 10.1. The minimum Gasteiger partial charge on any atom is -0.491 e. The number of hydrogen-bond donors (Lipinski definition) is 1. The molecule has 0 radical (unpaired) electrons. The van der Waals surface area contributed by atoms with Crippen LogP contribution in [0.2, 0.25) is 0 Å². The molecule has 1 aromatic rings. The monoisotopic (exact) mass is 249 g/mol. The van der Waals surface area contributed by atoms with Crippen molar-refractivity contribution in [1.29, 1.82) is 0 Å². The van der Waals surface area contributed by atoms with E-state index in [1.54, 1.807) is 0 Å². The van der Waals surface area contributed by atoms with Gasteiger partial charge in [-0.15, -0.1) is 0 Å². The Balaban J connectivity index is 2.57. The first-order chi connectivity index (χ1) is 8.67. The Bertz CT molecular complexity index is 338. The van der Waals surface area contributed by atoms with Crippen molar-refractivity contribution in [2.75, 3.05) is 6.54 Å². The minimum absolute atomic E-state index is 0.281. The van der Waals surface area contributed by atoms with Gasteiger partial charge in [0.05, 0.1) is 6.10 Å². The quantitative estimate of drug-likeness (QED) is 0.693. The highest BCUT2D eigenvalue weighted by Crippen LogP contribution is 2.20. The predicted molar refractivity (Wildman–Crippen MR) is 78.1 cm³/mol. The lowest BCUT2D eigenvalue weighted by molar-refractivity contribution is 0.217. The van der Waals surface area contributed by atoms with E-state index in [9.17, 15) is 0 Å². The van der Waals surface area contributed by atoms with Crippen LogP contribution in [0.4, 0.5) is 0 Å². The summed E-state index contributed by atoms with van der Waals surface area (Å²) in [4.78, 5) is 0. The van der Waals surface area contributed by atoms with Crippen molar-refractivity contribution < 1.29 is 4.74 Å². The molecule has 18 heavy (non-hydrogen) atoms. The molecular weight excluding hydrogens is 222 g/mol. The van der Waals surface area contributed by atoms with Crippen molar-refractivity contribution in [2.45, 2.75) is 59.1 Å². The molecule has 0 aromatic heterocycles. The maximum absolute atomic E-state index is 5.85. The Morgan fingerprint density at radius 3 is 2.67 bits per heavy atom. The van der Waals surface area contributed by atoms with Crippen LogP contribution in [0.5, 0.6) is 5.75 Å². The third-order valence-electron chi connectivity index (χ3n) is 3.25. The molecule has 0 saturated carbocycles. The lowest BCUT2D eigenvalue weighted by Gasteiger charge is -2.17. The summed E-state index contributed by atoms with van der Waals surface area (Å²) in [6.45, 7) is 9.75. The van der Waals surface area contributed by atoms with Gasteiger partial charge in [0.1, 0.15) is 5.75 Å². The molecule has 1 rings (SSSR count). The predicted octanol–water partition coefficient (Wildman–Crippen LogP) is 4.31. The molecule has 2 heteroatoms. The third kappa shape index (κ3) is 5.09. The van der Waals surface area contributed by atoms with E-state index >= 15 is 0 Å². The van der Waals surface area contributed by atoms with Crippen LogP contribution in [0.1, 0.15) is 58.6 Å². The van der Waals surface area contributed by atoms with Crippen LogP contribution in [0, 0.1) is 0 Å². The highest BCUT2D eigenvalue weighted by Gasteiger charge is 2.07. The van der Waals surface area contributed by atoms with Crippen molar-refractivity contribution in [3.8, 4) is 5.75 Å². The second kappa shape index (κ2) is 8.15. The van der Waals surface area contributed by atoms with Gasteiger partial charge in [-0.1, -0.05) is 32.4 Å². The third-order valence-corrected chi connectivity index (χ3v) is 3.25. The Morgan fingerprint density at radius 2 is 2.00 bits per heavy atom. The molecule has 0 spiro atoms. The van der Waals surface area contributed by atoms with E-state index in [-0.39, 0.29) is 6.10 Å². The Labute approximate surface area is 112 Å². The van der Waals surface area contributed by atoms with Crippen molar-refractivity contribution in [2.24, 2.45) is 0 Å². The number of benzene rings is 1. The molecule has 0 aliphatic carbocycles. The molecule has 1 aromatic carbocycles. The van der Waals surface area contributed by atoms with Crippen molar-refractivity contribution in [3.63, 3.8) is 0 Å². The van der Waals surface area contributed by atoms with Crippen LogP contribution in [-0.4, -0.2) is 12.6 Å². The normalized spacial score (nSPS) is 14.2. The molecule has 0 aliphatic rings. The zero-order chi connectivity index (χ0) is 13.4. The van der Waals surface area contributed by atoms with E-state index < -0.39 is 0 Å². The molecule has 102 valence electrons. The van der Waals surface area contributed by atoms with Crippen LogP contribution in [0.15, 0.2) is 24.3 Å². The Hall–Kier alpha value is -1.02. The average molecular weight is 249 g/mol. The summed E-state index contributed by atoms with van der Waals surface area (Å²) in [5.41, 5.74) is 1.30. The van der Waals surface area contributed by atoms with Gasteiger partial charge < -0.3 is 10.1 Å². The summed E-state index contributed by atoms with van der Waals surface area (Å²) in [5, 5.41) is 3.54. The van der Waals surface area contributed by atoms with Gasteiger partial charge in [-0.2, -0.15) is 0 Å². The summed E-state index contributed by atoms with van der Waals surface area (Å²) in [6.07, 6.45) is 3.78. The topological polar surface area (TPSA) is 21.3 Å². The smallest absolute Gasteiger partial charge is 0.120 e. The molecule has 0 fully saturated rings. The highest BCUT2D eigenvalue weighted by molar-refractivity contribution is 5.30. The van der Waals surface area contributed by atoms with Crippen molar-refractivity contribution in [3.05, 3.63) is 29.8 Å². The van der Waals surface area contributed by atoms with E-state index in [1.807, 2.05) is 6.07 Å². The summed E-state index contributed by atoms with van der Waals surface area (Å²) in [5.74, 6) is 0.978. The summed E-state index contributed by atoms with van der Waals surface area (Å²) >= 11 is 0. The number of ether oxygens (including phenoxy) is 1.